The van der Waals surface area contributed by atoms with E-state index in [1.807, 2.05) is 35.2 Å². The van der Waals surface area contributed by atoms with E-state index in [4.69, 9.17) is 0 Å². The normalized spacial score (nSPS) is 13.2. The Morgan fingerprint density at radius 1 is 1.00 bits per heavy atom. The smallest absolute Gasteiger partial charge is 0.317 e. The average Bonchev–Trinajstić information content (AvgIpc) is 3.11. The number of carbonyl (C=O) groups is 1. The van der Waals surface area contributed by atoms with Crippen LogP contribution in [0.2, 0.25) is 0 Å². The molecule has 4 aromatic rings. The summed E-state index contributed by atoms with van der Waals surface area (Å²) in [5.41, 5.74) is 6.79. The summed E-state index contributed by atoms with van der Waals surface area (Å²) in [6.45, 7) is 4.42. The quantitative estimate of drug-likeness (QED) is 0.465. The lowest BCUT2D eigenvalue weighted by Crippen LogP contribution is -2.42. The van der Waals surface area contributed by atoms with E-state index in [-0.39, 0.29) is 11.8 Å². The standard InChI is InChI=1S/C27H26FN3O/c1-19-9-11-20(12-10-19)16-29-27(32)30-14-13-26-24(18-30)23-7-2-3-8-25(23)31(26)17-21-5-4-6-22(28)15-21/h2-12,15H,13-14,16-18H2,1H3,(H,29,32). The van der Waals surface area contributed by atoms with Crippen molar-refractivity contribution < 1.29 is 9.18 Å². The Labute approximate surface area is 187 Å². The highest BCUT2D eigenvalue weighted by molar-refractivity contribution is 5.87. The van der Waals surface area contributed by atoms with Crippen LogP contribution in [0.5, 0.6) is 0 Å². The first kappa shape index (κ1) is 20.3. The first-order valence-corrected chi connectivity index (χ1v) is 11.0. The molecule has 5 heteroatoms. The predicted molar refractivity (Wildman–Crippen MR) is 125 cm³/mol. The summed E-state index contributed by atoms with van der Waals surface area (Å²) in [4.78, 5) is 14.8. The zero-order valence-electron chi connectivity index (χ0n) is 18.1. The van der Waals surface area contributed by atoms with Gasteiger partial charge in [0.15, 0.2) is 0 Å². The van der Waals surface area contributed by atoms with Crippen LogP contribution in [0.25, 0.3) is 10.9 Å². The van der Waals surface area contributed by atoms with Crippen molar-refractivity contribution in [2.45, 2.75) is 33.0 Å². The number of hydrogen-bond acceptors (Lipinski definition) is 1. The molecule has 4 nitrogen and oxygen atoms in total. The van der Waals surface area contributed by atoms with Crippen molar-refractivity contribution in [2.24, 2.45) is 0 Å². The van der Waals surface area contributed by atoms with Gasteiger partial charge in [-0.05, 0) is 36.2 Å². The second-order valence-electron chi connectivity index (χ2n) is 8.47. The highest BCUT2D eigenvalue weighted by Crippen LogP contribution is 2.31. The topological polar surface area (TPSA) is 37.3 Å². The van der Waals surface area contributed by atoms with Crippen LogP contribution in [-0.4, -0.2) is 22.0 Å². The monoisotopic (exact) mass is 427 g/mol. The molecule has 0 spiro atoms. The summed E-state index contributed by atoms with van der Waals surface area (Å²) in [6.07, 6.45) is 0.775. The number of aromatic nitrogens is 1. The van der Waals surface area contributed by atoms with Crippen LogP contribution < -0.4 is 5.32 Å². The number of amides is 2. The third kappa shape index (κ3) is 3.98. The van der Waals surface area contributed by atoms with E-state index in [0.29, 0.717) is 26.2 Å². The number of nitrogens with zero attached hydrogens (tertiary/aromatic N) is 2. The van der Waals surface area contributed by atoms with Crippen molar-refractivity contribution in [1.82, 2.24) is 14.8 Å². The fourth-order valence-electron chi connectivity index (χ4n) is 4.57. The van der Waals surface area contributed by atoms with E-state index in [1.54, 1.807) is 12.1 Å². The van der Waals surface area contributed by atoms with E-state index in [1.165, 1.54) is 22.9 Å². The van der Waals surface area contributed by atoms with Gasteiger partial charge in [0.05, 0.1) is 0 Å². The Kier molecular flexibility index (Phi) is 5.39. The first-order chi connectivity index (χ1) is 15.6. The number of rotatable bonds is 4. The Hall–Kier alpha value is -3.60. The molecule has 0 saturated heterocycles. The number of nitrogens with one attached hydrogen (secondary N) is 1. The molecule has 0 saturated carbocycles. The molecule has 0 unspecified atom stereocenters. The van der Waals surface area contributed by atoms with Gasteiger partial charge in [-0.3, -0.25) is 0 Å². The molecule has 1 N–H and O–H groups in total. The first-order valence-electron chi connectivity index (χ1n) is 11.0. The third-order valence-electron chi connectivity index (χ3n) is 6.24. The third-order valence-corrected chi connectivity index (χ3v) is 6.24. The fraction of sp³-hybridized carbons (Fsp3) is 0.222. The highest BCUT2D eigenvalue weighted by atomic mass is 19.1. The molecule has 2 amide bonds. The van der Waals surface area contributed by atoms with Crippen LogP contribution in [0.1, 0.15) is 27.9 Å². The Morgan fingerprint density at radius 3 is 2.62 bits per heavy atom. The van der Waals surface area contributed by atoms with Gasteiger partial charge in [-0.2, -0.15) is 0 Å². The van der Waals surface area contributed by atoms with Crippen LogP contribution in [0, 0.1) is 12.7 Å². The van der Waals surface area contributed by atoms with Gasteiger partial charge in [-0.15, -0.1) is 0 Å². The molecule has 3 aromatic carbocycles. The summed E-state index contributed by atoms with van der Waals surface area (Å²) < 4.78 is 16.0. The number of hydrogen-bond donors (Lipinski definition) is 1. The molecule has 0 bridgehead atoms. The van der Waals surface area contributed by atoms with Crippen LogP contribution in [0.3, 0.4) is 0 Å². The largest absolute Gasteiger partial charge is 0.340 e. The van der Waals surface area contributed by atoms with Gasteiger partial charge in [0, 0.05) is 54.8 Å². The van der Waals surface area contributed by atoms with E-state index < -0.39 is 0 Å². The number of aryl methyl sites for hydroxylation is 1. The zero-order valence-corrected chi connectivity index (χ0v) is 18.1. The summed E-state index contributed by atoms with van der Waals surface area (Å²) in [5.74, 6) is -0.218. The zero-order chi connectivity index (χ0) is 22.1. The molecule has 32 heavy (non-hydrogen) atoms. The number of para-hydroxylation sites is 1. The minimum Gasteiger partial charge on any atom is -0.340 e. The fourth-order valence-corrected chi connectivity index (χ4v) is 4.57. The second kappa shape index (κ2) is 8.50. The van der Waals surface area contributed by atoms with E-state index in [9.17, 15) is 9.18 Å². The lowest BCUT2D eigenvalue weighted by molar-refractivity contribution is 0.191. The molecular formula is C27H26FN3O. The summed E-state index contributed by atoms with van der Waals surface area (Å²) in [7, 11) is 0. The molecule has 1 aliphatic rings. The van der Waals surface area contributed by atoms with E-state index in [2.05, 4.69) is 41.1 Å². The maximum atomic E-state index is 13.7. The Morgan fingerprint density at radius 2 is 1.81 bits per heavy atom. The number of benzene rings is 3. The molecule has 1 aliphatic heterocycles. The van der Waals surface area contributed by atoms with Crippen molar-refractivity contribution in [1.29, 1.82) is 0 Å². The van der Waals surface area contributed by atoms with Gasteiger partial charge in [0.25, 0.3) is 0 Å². The highest BCUT2D eigenvalue weighted by Gasteiger charge is 2.26. The minimum atomic E-state index is -0.218. The average molecular weight is 428 g/mol. The summed E-state index contributed by atoms with van der Waals surface area (Å²) in [6, 6.07) is 23.2. The van der Waals surface area contributed by atoms with Crippen molar-refractivity contribution in [2.75, 3.05) is 6.54 Å². The molecule has 0 radical (unpaired) electrons. The van der Waals surface area contributed by atoms with Crippen LogP contribution >= 0.6 is 0 Å². The minimum absolute atomic E-state index is 0.0433. The molecule has 0 fully saturated rings. The second-order valence-corrected chi connectivity index (χ2v) is 8.47. The lowest BCUT2D eigenvalue weighted by atomic mass is 10.0. The van der Waals surface area contributed by atoms with Crippen LogP contribution in [-0.2, 0) is 26.1 Å². The lowest BCUT2D eigenvalue weighted by Gasteiger charge is -2.28. The van der Waals surface area contributed by atoms with Gasteiger partial charge < -0.3 is 14.8 Å². The number of fused-ring (bicyclic) bond motifs is 3. The van der Waals surface area contributed by atoms with Crippen molar-refractivity contribution >= 4 is 16.9 Å². The predicted octanol–water partition coefficient (Wildman–Crippen LogP) is 5.41. The van der Waals surface area contributed by atoms with Gasteiger partial charge in [-0.1, -0.05) is 60.2 Å². The molecule has 5 rings (SSSR count). The molecule has 0 aliphatic carbocycles. The van der Waals surface area contributed by atoms with E-state index in [0.717, 1.165) is 28.5 Å². The SMILES string of the molecule is Cc1ccc(CNC(=O)N2CCc3c(c4ccccc4n3Cc3cccc(F)c3)C2)cc1. The maximum Gasteiger partial charge on any atom is 0.317 e. The van der Waals surface area contributed by atoms with Crippen molar-refractivity contribution in [3.63, 3.8) is 0 Å². The number of halogens is 1. The van der Waals surface area contributed by atoms with Gasteiger partial charge in [-0.25, -0.2) is 9.18 Å². The number of urea groups is 1. The molecular weight excluding hydrogens is 401 g/mol. The maximum absolute atomic E-state index is 13.7. The molecule has 162 valence electrons. The van der Waals surface area contributed by atoms with Gasteiger partial charge >= 0.3 is 6.03 Å². The van der Waals surface area contributed by atoms with E-state index >= 15 is 0 Å². The van der Waals surface area contributed by atoms with Crippen molar-refractivity contribution in [3.8, 4) is 0 Å². The molecule has 1 aromatic heterocycles. The Bertz CT molecular complexity index is 1280. The number of carbonyl (C=O) groups excluding carboxylic acids is 1. The summed E-state index contributed by atoms with van der Waals surface area (Å²) in [5, 5.41) is 4.22. The van der Waals surface area contributed by atoms with Crippen molar-refractivity contribution in [3.05, 3.63) is 107 Å². The Balaban J connectivity index is 1.38. The van der Waals surface area contributed by atoms with Crippen LogP contribution in [0.15, 0.2) is 72.8 Å². The van der Waals surface area contributed by atoms with Crippen LogP contribution in [0.4, 0.5) is 9.18 Å². The van der Waals surface area contributed by atoms with Gasteiger partial charge in [0.1, 0.15) is 5.82 Å². The molecule has 2 heterocycles. The molecule has 0 atom stereocenters. The van der Waals surface area contributed by atoms with Gasteiger partial charge in [0.2, 0.25) is 0 Å². The summed E-state index contributed by atoms with van der Waals surface area (Å²) >= 11 is 0.